The number of fused-ring (bicyclic) bond motifs is 6. The quantitative estimate of drug-likeness (QED) is 0.530. The number of epoxide rings is 1. The van der Waals surface area contributed by atoms with Gasteiger partial charge < -0.3 is 9.84 Å². The molecule has 1 N–H and O–H groups in total. The molecule has 0 bridgehead atoms. The van der Waals surface area contributed by atoms with Crippen molar-refractivity contribution in [3.8, 4) is 0 Å². The number of rotatable bonds is 0. The van der Waals surface area contributed by atoms with Crippen LogP contribution in [-0.4, -0.2) is 16.5 Å². The number of hydrogen-bond donors (Lipinski definition) is 1. The van der Waals surface area contributed by atoms with Gasteiger partial charge in [-0.25, -0.2) is 0 Å². The molecule has 2 heteroatoms. The summed E-state index contributed by atoms with van der Waals surface area (Å²) in [5, 5.41) is 10.6. The van der Waals surface area contributed by atoms with Gasteiger partial charge in [0.05, 0.1) is 0 Å². The van der Waals surface area contributed by atoms with E-state index in [1.165, 1.54) is 44.1 Å². The predicted molar refractivity (Wildman–Crippen MR) is 86.1 cm³/mol. The lowest BCUT2D eigenvalue weighted by Gasteiger charge is -2.57. The summed E-state index contributed by atoms with van der Waals surface area (Å²) in [5.74, 6) is 1.79. The molecule has 4 aliphatic carbocycles. The lowest BCUT2D eigenvalue weighted by molar-refractivity contribution is -0.0412. The van der Waals surface area contributed by atoms with Gasteiger partial charge in [0.2, 0.25) is 0 Å². The average Bonchev–Trinajstić information content (AvgIpc) is 2.77. The fourth-order valence-electron chi connectivity index (χ4n) is 7.37. The molecule has 0 spiro atoms. The topological polar surface area (TPSA) is 32.8 Å². The third-order valence-corrected chi connectivity index (χ3v) is 8.72. The van der Waals surface area contributed by atoms with E-state index in [2.05, 4.69) is 26.8 Å². The van der Waals surface area contributed by atoms with Crippen LogP contribution in [0.2, 0.25) is 0 Å². The van der Waals surface area contributed by atoms with Crippen molar-refractivity contribution in [1.82, 2.24) is 0 Å². The van der Waals surface area contributed by atoms with E-state index in [1.807, 2.05) is 0 Å². The highest BCUT2D eigenvalue weighted by atomic mass is 16.7. The molecule has 1 unspecified atom stereocenters. The first-order valence-electron chi connectivity index (χ1n) is 9.42. The Morgan fingerprint density at radius 1 is 1.14 bits per heavy atom. The number of ether oxygens (including phenoxy) is 1. The zero-order valence-corrected chi connectivity index (χ0v) is 14.3. The van der Waals surface area contributed by atoms with Crippen LogP contribution < -0.4 is 0 Å². The van der Waals surface area contributed by atoms with Crippen LogP contribution in [-0.2, 0) is 4.74 Å². The minimum absolute atomic E-state index is 0.268. The van der Waals surface area contributed by atoms with Gasteiger partial charge in [0, 0.05) is 6.42 Å². The van der Waals surface area contributed by atoms with Gasteiger partial charge in [0.1, 0.15) is 5.60 Å². The van der Waals surface area contributed by atoms with Crippen LogP contribution in [0.25, 0.3) is 0 Å². The Kier molecular flexibility index (Phi) is 2.44. The van der Waals surface area contributed by atoms with Gasteiger partial charge in [-0.15, -0.1) is 0 Å². The minimum Gasteiger partial charge on any atom is -0.363 e. The maximum atomic E-state index is 10.6. The lowest BCUT2D eigenvalue weighted by Crippen LogP contribution is -2.51. The Morgan fingerprint density at radius 3 is 2.77 bits per heavy atom. The van der Waals surface area contributed by atoms with Crippen LogP contribution in [0.1, 0.15) is 72.1 Å². The smallest absolute Gasteiger partial charge is 0.199 e. The van der Waals surface area contributed by atoms with E-state index in [9.17, 15) is 5.11 Å². The maximum Gasteiger partial charge on any atom is 0.199 e. The molecule has 0 aromatic rings. The zero-order valence-electron chi connectivity index (χ0n) is 14.3. The van der Waals surface area contributed by atoms with E-state index in [0.29, 0.717) is 5.41 Å². The molecule has 5 aliphatic rings. The second-order valence-electron chi connectivity index (χ2n) is 9.82. The molecular formula is C20H30O2. The van der Waals surface area contributed by atoms with Crippen LogP contribution in [0, 0.1) is 28.6 Å². The van der Waals surface area contributed by atoms with Crippen molar-refractivity contribution >= 4 is 0 Å². The van der Waals surface area contributed by atoms with Crippen molar-refractivity contribution < 1.29 is 9.84 Å². The molecule has 1 aliphatic heterocycles. The Balaban J connectivity index is 1.53. The van der Waals surface area contributed by atoms with E-state index >= 15 is 0 Å². The largest absolute Gasteiger partial charge is 0.363 e. The minimum atomic E-state index is -0.846. The molecule has 1 heterocycles. The number of aliphatic hydroxyl groups is 1. The molecule has 0 amide bonds. The van der Waals surface area contributed by atoms with Gasteiger partial charge in [-0.1, -0.05) is 31.9 Å². The third-order valence-electron chi connectivity index (χ3n) is 8.72. The van der Waals surface area contributed by atoms with Gasteiger partial charge in [0.15, 0.2) is 5.79 Å². The zero-order chi connectivity index (χ0) is 15.4. The highest BCUT2D eigenvalue weighted by molar-refractivity contribution is 5.33. The summed E-state index contributed by atoms with van der Waals surface area (Å²) in [7, 11) is 0. The van der Waals surface area contributed by atoms with E-state index in [-0.39, 0.29) is 11.0 Å². The summed E-state index contributed by atoms with van der Waals surface area (Å²) < 4.78 is 5.81. The number of hydrogen-bond acceptors (Lipinski definition) is 2. The van der Waals surface area contributed by atoms with Crippen molar-refractivity contribution in [2.75, 3.05) is 0 Å². The normalized spacial score (nSPS) is 62.4. The number of allylic oxidation sites excluding steroid dienone is 1. The summed E-state index contributed by atoms with van der Waals surface area (Å²) in [6.07, 6.45) is 12.7. The summed E-state index contributed by atoms with van der Waals surface area (Å²) >= 11 is 0. The van der Waals surface area contributed by atoms with Gasteiger partial charge >= 0.3 is 0 Å². The summed E-state index contributed by atoms with van der Waals surface area (Å²) in [6.45, 7) is 7.17. The van der Waals surface area contributed by atoms with Crippen LogP contribution in [0.4, 0.5) is 0 Å². The molecule has 0 radical (unpaired) electrons. The maximum absolute atomic E-state index is 10.6. The monoisotopic (exact) mass is 302 g/mol. The van der Waals surface area contributed by atoms with Crippen LogP contribution >= 0.6 is 0 Å². The summed E-state index contributed by atoms with van der Waals surface area (Å²) in [5.41, 5.74) is 2.12. The molecule has 5 rings (SSSR count). The molecule has 22 heavy (non-hydrogen) atoms. The SMILES string of the molecule is CC12C[C@@]3(C)C(=CC[C@H]4[C@@H]5CCC[C@@]5(C)CC[C@@H]43)C[C@]1(O)O2. The lowest BCUT2D eigenvalue weighted by atomic mass is 9.47. The van der Waals surface area contributed by atoms with E-state index < -0.39 is 5.79 Å². The Bertz CT molecular complexity index is 568. The first-order chi connectivity index (χ1) is 10.3. The Hall–Kier alpha value is -0.340. The fourth-order valence-corrected chi connectivity index (χ4v) is 7.37. The highest BCUT2D eigenvalue weighted by Crippen LogP contribution is 2.70. The molecular weight excluding hydrogens is 272 g/mol. The third kappa shape index (κ3) is 1.50. The van der Waals surface area contributed by atoms with Gasteiger partial charge in [-0.05, 0) is 74.0 Å². The Labute approximate surface area is 134 Å². The molecule has 2 nitrogen and oxygen atoms in total. The molecule has 3 saturated carbocycles. The van der Waals surface area contributed by atoms with Crippen molar-refractivity contribution in [1.29, 1.82) is 0 Å². The summed E-state index contributed by atoms with van der Waals surface area (Å²) in [6, 6.07) is 0. The van der Waals surface area contributed by atoms with Crippen molar-refractivity contribution in [3.63, 3.8) is 0 Å². The first-order valence-corrected chi connectivity index (χ1v) is 9.42. The molecule has 4 fully saturated rings. The van der Waals surface area contributed by atoms with Gasteiger partial charge in [-0.3, -0.25) is 0 Å². The van der Waals surface area contributed by atoms with Crippen molar-refractivity contribution in [2.45, 2.75) is 83.5 Å². The van der Waals surface area contributed by atoms with E-state index in [4.69, 9.17) is 4.74 Å². The van der Waals surface area contributed by atoms with E-state index in [1.54, 1.807) is 0 Å². The highest BCUT2D eigenvalue weighted by Gasteiger charge is 2.73. The summed E-state index contributed by atoms with van der Waals surface area (Å²) in [4.78, 5) is 0. The van der Waals surface area contributed by atoms with Crippen LogP contribution in [0.15, 0.2) is 11.6 Å². The molecule has 0 aromatic carbocycles. The average molecular weight is 302 g/mol. The van der Waals surface area contributed by atoms with Crippen molar-refractivity contribution in [2.24, 2.45) is 28.6 Å². The molecule has 122 valence electrons. The molecule has 1 saturated heterocycles. The van der Waals surface area contributed by atoms with E-state index in [0.717, 1.165) is 30.6 Å². The first kappa shape index (κ1) is 14.0. The Morgan fingerprint density at radius 2 is 1.95 bits per heavy atom. The van der Waals surface area contributed by atoms with Gasteiger partial charge in [-0.2, -0.15) is 0 Å². The molecule has 0 aromatic heterocycles. The predicted octanol–water partition coefficient (Wildman–Crippen LogP) is 4.43. The standard InChI is InChI=1S/C20H30O2/c1-17-9-4-5-15(17)14-7-6-13-11-20(21)19(3,22-20)12-18(13,2)16(14)8-10-17/h6,14-16,21H,4-5,7-12H2,1-3H3/t14-,15-,16-,17-,18-,19?,20-/m0/s1. The van der Waals surface area contributed by atoms with Crippen LogP contribution in [0.3, 0.4) is 0 Å². The second-order valence-corrected chi connectivity index (χ2v) is 9.82. The fraction of sp³-hybridized carbons (Fsp3) is 0.900. The van der Waals surface area contributed by atoms with Crippen molar-refractivity contribution in [3.05, 3.63) is 11.6 Å². The molecule has 7 atom stereocenters. The van der Waals surface area contributed by atoms with Crippen LogP contribution in [0.5, 0.6) is 0 Å². The van der Waals surface area contributed by atoms with Gasteiger partial charge in [0.25, 0.3) is 0 Å². The second kappa shape index (κ2) is 3.83.